The molecular formula is C14H13FN2O. The number of carbonyl (C=O) groups excluding carboxylic acids is 1. The maximum absolute atomic E-state index is 13.0. The first-order chi connectivity index (χ1) is 8.58. The minimum absolute atomic E-state index is 0.262. The van der Waals surface area contributed by atoms with Crippen molar-refractivity contribution < 1.29 is 9.18 Å². The van der Waals surface area contributed by atoms with Crippen LogP contribution in [0, 0.1) is 12.9 Å². The van der Waals surface area contributed by atoms with Gasteiger partial charge in [-0.25, -0.2) is 4.98 Å². The van der Waals surface area contributed by atoms with Gasteiger partial charge in [0, 0.05) is 30.6 Å². The molecule has 3 nitrogen and oxygen atoms in total. The van der Waals surface area contributed by atoms with Gasteiger partial charge in [-0.2, -0.15) is 4.39 Å². The summed E-state index contributed by atoms with van der Waals surface area (Å²) in [6.45, 7) is 1.95. The third kappa shape index (κ3) is 2.53. The lowest BCUT2D eigenvalue weighted by Crippen LogP contribution is -2.26. The largest absolute Gasteiger partial charge is 0.311 e. The van der Waals surface area contributed by atoms with Gasteiger partial charge in [0.05, 0.1) is 0 Å². The molecule has 0 spiro atoms. The molecule has 0 bridgehead atoms. The van der Waals surface area contributed by atoms with Crippen molar-refractivity contribution in [1.29, 1.82) is 0 Å². The molecule has 0 saturated carbocycles. The minimum Gasteiger partial charge on any atom is -0.311 e. The molecule has 0 aliphatic heterocycles. The fraction of sp³-hybridized carbons (Fsp3) is 0.143. The number of aromatic nitrogens is 1. The van der Waals surface area contributed by atoms with E-state index in [1.165, 1.54) is 17.2 Å². The number of hydrogen-bond acceptors (Lipinski definition) is 2. The van der Waals surface area contributed by atoms with Crippen molar-refractivity contribution >= 4 is 11.6 Å². The SMILES string of the molecule is Cc1cccc(N(C)C(=O)c2ccnc(F)c2)c1. The Kier molecular flexibility index (Phi) is 3.37. The molecule has 2 aromatic rings. The highest BCUT2D eigenvalue weighted by atomic mass is 19.1. The number of carbonyl (C=O) groups is 1. The number of pyridine rings is 1. The molecule has 1 aromatic carbocycles. The predicted octanol–water partition coefficient (Wildman–Crippen LogP) is 2.81. The van der Waals surface area contributed by atoms with Crippen LogP contribution in [0.5, 0.6) is 0 Å². The second-order valence-corrected chi connectivity index (χ2v) is 4.07. The van der Waals surface area contributed by atoms with Crippen LogP contribution in [0.2, 0.25) is 0 Å². The average molecular weight is 244 g/mol. The average Bonchev–Trinajstić information content (AvgIpc) is 2.37. The Morgan fingerprint density at radius 1 is 1.28 bits per heavy atom. The molecule has 18 heavy (non-hydrogen) atoms. The van der Waals surface area contributed by atoms with Crippen molar-refractivity contribution in [3.8, 4) is 0 Å². The summed E-state index contributed by atoms with van der Waals surface area (Å²) >= 11 is 0. The standard InChI is InChI=1S/C14H13FN2O/c1-10-4-3-5-12(8-10)17(2)14(18)11-6-7-16-13(15)9-11/h3-9H,1-2H3. The van der Waals surface area contributed by atoms with Crippen molar-refractivity contribution in [2.45, 2.75) is 6.92 Å². The zero-order valence-electron chi connectivity index (χ0n) is 10.2. The Labute approximate surface area is 105 Å². The molecule has 2 rings (SSSR count). The number of hydrogen-bond donors (Lipinski definition) is 0. The highest BCUT2D eigenvalue weighted by Gasteiger charge is 2.14. The molecule has 1 heterocycles. The molecule has 92 valence electrons. The Morgan fingerprint density at radius 3 is 2.72 bits per heavy atom. The number of anilines is 1. The molecule has 1 amide bonds. The smallest absolute Gasteiger partial charge is 0.258 e. The van der Waals surface area contributed by atoms with Gasteiger partial charge in [-0.1, -0.05) is 12.1 Å². The molecule has 4 heteroatoms. The molecule has 0 saturated heterocycles. The van der Waals surface area contributed by atoms with Crippen molar-refractivity contribution in [2.24, 2.45) is 0 Å². The third-order valence-corrected chi connectivity index (χ3v) is 2.67. The van der Waals surface area contributed by atoms with E-state index in [0.717, 1.165) is 17.3 Å². The van der Waals surface area contributed by atoms with E-state index in [1.54, 1.807) is 7.05 Å². The summed E-state index contributed by atoms with van der Waals surface area (Å²) in [7, 11) is 1.66. The van der Waals surface area contributed by atoms with E-state index >= 15 is 0 Å². The van der Waals surface area contributed by atoms with E-state index in [2.05, 4.69) is 4.98 Å². The number of halogens is 1. The molecule has 0 aliphatic rings. The first kappa shape index (κ1) is 12.2. The molecule has 0 unspecified atom stereocenters. The number of aryl methyl sites for hydroxylation is 1. The van der Waals surface area contributed by atoms with Crippen LogP contribution in [-0.2, 0) is 0 Å². The molecule has 1 aromatic heterocycles. The number of amides is 1. The Morgan fingerprint density at radius 2 is 2.06 bits per heavy atom. The van der Waals surface area contributed by atoms with E-state index in [1.807, 2.05) is 31.2 Å². The van der Waals surface area contributed by atoms with E-state index in [4.69, 9.17) is 0 Å². The maximum Gasteiger partial charge on any atom is 0.258 e. The predicted molar refractivity (Wildman–Crippen MR) is 68.1 cm³/mol. The monoisotopic (exact) mass is 244 g/mol. The number of nitrogens with zero attached hydrogens (tertiary/aromatic N) is 2. The summed E-state index contributed by atoms with van der Waals surface area (Å²) in [5, 5.41) is 0. The molecule has 0 N–H and O–H groups in total. The van der Waals surface area contributed by atoms with Gasteiger partial charge in [0.1, 0.15) is 0 Å². The van der Waals surface area contributed by atoms with Crippen LogP contribution in [0.1, 0.15) is 15.9 Å². The minimum atomic E-state index is -0.654. The topological polar surface area (TPSA) is 33.2 Å². The van der Waals surface area contributed by atoms with Gasteiger partial charge in [0.15, 0.2) is 0 Å². The summed E-state index contributed by atoms with van der Waals surface area (Å²) in [4.78, 5) is 17.1. The molecule has 0 fully saturated rings. The van der Waals surface area contributed by atoms with Gasteiger partial charge in [-0.05, 0) is 30.7 Å². The van der Waals surface area contributed by atoms with Crippen molar-refractivity contribution in [2.75, 3.05) is 11.9 Å². The Hall–Kier alpha value is -2.23. The summed E-state index contributed by atoms with van der Waals surface area (Å²) < 4.78 is 13.0. The highest BCUT2D eigenvalue weighted by Crippen LogP contribution is 2.16. The van der Waals surface area contributed by atoms with Crippen LogP contribution < -0.4 is 4.90 Å². The second kappa shape index (κ2) is 4.96. The van der Waals surface area contributed by atoms with E-state index in [9.17, 15) is 9.18 Å². The van der Waals surface area contributed by atoms with E-state index in [0.29, 0.717) is 0 Å². The van der Waals surface area contributed by atoms with Gasteiger partial charge in [-0.3, -0.25) is 4.79 Å². The maximum atomic E-state index is 13.0. The molecule has 0 aliphatic carbocycles. The quantitative estimate of drug-likeness (QED) is 0.761. The van der Waals surface area contributed by atoms with Crippen LogP contribution in [-0.4, -0.2) is 17.9 Å². The van der Waals surface area contributed by atoms with Gasteiger partial charge >= 0.3 is 0 Å². The van der Waals surface area contributed by atoms with Crippen LogP contribution in [0.15, 0.2) is 42.6 Å². The van der Waals surface area contributed by atoms with Crippen molar-refractivity contribution in [1.82, 2.24) is 4.98 Å². The van der Waals surface area contributed by atoms with Crippen LogP contribution in [0.4, 0.5) is 10.1 Å². The zero-order valence-corrected chi connectivity index (χ0v) is 10.2. The fourth-order valence-corrected chi connectivity index (χ4v) is 1.68. The first-order valence-corrected chi connectivity index (χ1v) is 5.54. The summed E-state index contributed by atoms with van der Waals surface area (Å²) in [6.07, 6.45) is 1.28. The van der Waals surface area contributed by atoms with Crippen LogP contribution in [0.25, 0.3) is 0 Å². The zero-order chi connectivity index (χ0) is 13.1. The summed E-state index contributed by atoms with van der Waals surface area (Å²) in [6, 6.07) is 10.2. The third-order valence-electron chi connectivity index (χ3n) is 2.67. The fourth-order valence-electron chi connectivity index (χ4n) is 1.68. The van der Waals surface area contributed by atoms with Crippen molar-refractivity contribution in [3.05, 3.63) is 59.7 Å². The van der Waals surface area contributed by atoms with Gasteiger partial charge < -0.3 is 4.90 Å². The Bertz CT molecular complexity index is 584. The normalized spacial score (nSPS) is 10.2. The summed E-state index contributed by atoms with van der Waals surface area (Å²) in [5.41, 5.74) is 2.12. The highest BCUT2D eigenvalue weighted by molar-refractivity contribution is 6.05. The lowest BCUT2D eigenvalue weighted by molar-refractivity contribution is 0.0992. The molecular weight excluding hydrogens is 231 g/mol. The summed E-state index contributed by atoms with van der Waals surface area (Å²) in [5.74, 6) is -0.916. The number of benzene rings is 1. The molecule has 0 atom stereocenters. The van der Waals surface area contributed by atoms with Crippen molar-refractivity contribution in [3.63, 3.8) is 0 Å². The number of rotatable bonds is 2. The van der Waals surface area contributed by atoms with Crippen LogP contribution in [0.3, 0.4) is 0 Å². The van der Waals surface area contributed by atoms with Gasteiger partial charge in [0.2, 0.25) is 5.95 Å². The second-order valence-electron chi connectivity index (χ2n) is 4.07. The lowest BCUT2D eigenvalue weighted by Gasteiger charge is -2.17. The van der Waals surface area contributed by atoms with Crippen LogP contribution >= 0.6 is 0 Å². The Balaban J connectivity index is 2.29. The lowest BCUT2D eigenvalue weighted by atomic mass is 10.2. The van der Waals surface area contributed by atoms with Gasteiger partial charge in [0.25, 0.3) is 5.91 Å². The van der Waals surface area contributed by atoms with E-state index in [-0.39, 0.29) is 11.5 Å². The van der Waals surface area contributed by atoms with Gasteiger partial charge in [-0.15, -0.1) is 0 Å². The molecule has 0 radical (unpaired) electrons. The van der Waals surface area contributed by atoms with E-state index < -0.39 is 5.95 Å². The first-order valence-electron chi connectivity index (χ1n) is 5.54.